The summed E-state index contributed by atoms with van der Waals surface area (Å²) in [6.45, 7) is 5.46. The number of aryl methyl sites for hydroxylation is 3. The molecule has 0 fully saturated rings. The van der Waals surface area contributed by atoms with E-state index in [1.165, 1.54) is 18.4 Å². The van der Waals surface area contributed by atoms with Gasteiger partial charge in [-0.05, 0) is 68.9 Å². The number of amides is 1. The van der Waals surface area contributed by atoms with Crippen molar-refractivity contribution in [1.29, 1.82) is 0 Å². The maximum Gasteiger partial charge on any atom is 0.341 e. The molecule has 1 unspecified atom stereocenters. The number of rotatable bonds is 5. The van der Waals surface area contributed by atoms with Crippen molar-refractivity contribution in [1.82, 2.24) is 0 Å². The van der Waals surface area contributed by atoms with Crippen LogP contribution in [0.2, 0.25) is 5.02 Å². The number of halogens is 1. The number of fused-ring (bicyclic) bond motifs is 1. The van der Waals surface area contributed by atoms with Gasteiger partial charge in [-0.3, -0.25) is 4.79 Å². The molecule has 1 aromatic carbocycles. The van der Waals surface area contributed by atoms with Gasteiger partial charge in [0.15, 0.2) is 6.10 Å². The molecule has 1 amide bonds. The van der Waals surface area contributed by atoms with Crippen molar-refractivity contribution in [2.75, 3.05) is 12.4 Å². The Bertz CT molecular complexity index is 883. The average molecular weight is 408 g/mol. The lowest BCUT2D eigenvalue weighted by atomic mass is 10.1. The highest BCUT2D eigenvalue weighted by Crippen LogP contribution is 2.39. The zero-order chi connectivity index (χ0) is 19.7. The van der Waals surface area contributed by atoms with E-state index >= 15 is 0 Å². The Hall–Kier alpha value is -2.05. The van der Waals surface area contributed by atoms with Crippen LogP contribution in [0.5, 0.6) is 5.75 Å². The molecule has 1 heterocycles. The third-order valence-electron chi connectivity index (χ3n) is 4.64. The number of benzene rings is 1. The van der Waals surface area contributed by atoms with Crippen LogP contribution in [0.25, 0.3) is 0 Å². The number of nitrogens with one attached hydrogen (secondary N) is 1. The maximum atomic E-state index is 12.6. The molecule has 1 N–H and O–H groups in total. The average Bonchev–Trinajstić information content (AvgIpc) is 3.19. The van der Waals surface area contributed by atoms with Crippen LogP contribution in [-0.4, -0.2) is 25.1 Å². The smallest absolute Gasteiger partial charge is 0.341 e. The fraction of sp³-hybridized carbons (Fsp3) is 0.400. The van der Waals surface area contributed by atoms with Gasteiger partial charge in [-0.15, -0.1) is 11.3 Å². The molecule has 1 aliphatic carbocycles. The van der Waals surface area contributed by atoms with Gasteiger partial charge in [-0.1, -0.05) is 11.6 Å². The first kappa shape index (κ1) is 19.7. The minimum Gasteiger partial charge on any atom is -0.481 e. The van der Waals surface area contributed by atoms with E-state index in [2.05, 4.69) is 5.32 Å². The molecule has 27 heavy (non-hydrogen) atoms. The summed E-state index contributed by atoms with van der Waals surface area (Å²) in [5.41, 5.74) is 3.26. The molecule has 144 valence electrons. The second kappa shape index (κ2) is 7.90. The fourth-order valence-corrected chi connectivity index (χ4v) is 4.65. The standard InChI is InChI=1S/C20H22ClNO4S/c1-10-8-13(9-11(2)17(10)21)26-12(3)18(23)22-19-16(20(24)25-4)14-6-5-7-15(14)27-19/h8-9,12H,5-7H2,1-4H3,(H,22,23). The van der Waals surface area contributed by atoms with E-state index in [9.17, 15) is 9.59 Å². The molecule has 0 aliphatic heterocycles. The van der Waals surface area contributed by atoms with Crippen molar-refractivity contribution in [2.24, 2.45) is 0 Å². The van der Waals surface area contributed by atoms with Gasteiger partial charge in [0.1, 0.15) is 10.8 Å². The molecular formula is C20H22ClNO4S. The summed E-state index contributed by atoms with van der Waals surface area (Å²) in [4.78, 5) is 26.0. The lowest BCUT2D eigenvalue weighted by molar-refractivity contribution is -0.122. The molecule has 7 heteroatoms. The lowest BCUT2D eigenvalue weighted by Crippen LogP contribution is -2.30. The van der Waals surface area contributed by atoms with Crippen molar-refractivity contribution in [3.8, 4) is 5.75 Å². The predicted molar refractivity (Wildman–Crippen MR) is 107 cm³/mol. The van der Waals surface area contributed by atoms with Gasteiger partial charge in [0.05, 0.1) is 12.7 Å². The van der Waals surface area contributed by atoms with Gasteiger partial charge in [-0.2, -0.15) is 0 Å². The highest BCUT2D eigenvalue weighted by atomic mass is 35.5. The Kier molecular flexibility index (Phi) is 5.77. The summed E-state index contributed by atoms with van der Waals surface area (Å²) < 4.78 is 10.7. The normalized spacial score (nSPS) is 13.8. The zero-order valence-corrected chi connectivity index (χ0v) is 17.3. The van der Waals surface area contributed by atoms with Crippen molar-refractivity contribution >= 4 is 39.8 Å². The number of hydrogen-bond acceptors (Lipinski definition) is 5. The van der Waals surface area contributed by atoms with Gasteiger partial charge in [0, 0.05) is 9.90 Å². The van der Waals surface area contributed by atoms with Crippen molar-refractivity contribution in [3.63, 3.8) is 0 Å². The topological polar surface area (TPSA) is 64.6 Å². The number of carbonyl (C=O) groups is 2. The summed E-state index contributed by atoms with van der Waals surface area (Å²) in [5.74, 6) is -0.147. The van der Waals surface area contributed by atoms with Crippen LogP contribution in [0.4, 0.5) is 5.00 Å². The first-order valence-corrected chi connectivity index (χ1v) is 9.98. The Balaban J connectivity index is 1.77. The molecule has 0 spiro atoms. The lowest BCUT2D eigenvalue weighted by Gasteiger charge is -2.16. The highest BCUT2D eigenvalue weighted by molar-refractivity contribution is 7.17. The second-order valence-electron chi connectivity index (χ2n) is 6.67. The molecule has 0 radical (unpaired) electrons. The number of thiophene rings is 1. The van der Waals surface area contributed by atoms with Crippen molar-refractivity contribution in [3.05, 3.63) is 44.3 Å². The molecule has 0 bridgehead atoms. The van der Waals surface area contributed by atoms with Crippen LogP contribution >= 0.6 is 22.9 Å². The van der Waals surface area contributed by atoms with E-state index in [1.807, 2.05) is 13.8 Å². The summed E-state index contributed by atoms with van der Waals surface area (Å²) in [6, 6.07) is 3.61. The van der Waals surface area contributed by atoms with Crippen LogP contribution in [0.3, 0.4) is 0 Å². The summed E-state index contributed by atoms with van der Waals surface area (Å²) in [7, 11) is 1.35. The zero-order valence-electron chi connectivity index (χ0n) is 15.8. The van der Waals surface area contributed by atoms with Crippen LogP contribution < -0.4 is 10.1 Å². The summed E-state index contributed by atoms with van der Waals surface area (Å²) in [5, 5.41) is 4.07. The van der Waals surface area contributed by atoms with Crippen LogP contribution in [-0.2, 0) is 22.4 Å². The number of methoxy groups -OCH3 is 1. The quantitative estimate of drug-likeness (QED) is 0.729. The molecule has 1 aliphatic rings. The Morgan fingerprint density at radius 3 is 2.52 bits per heavy atom. The van der Waals surface area contributed by atoms with Crippen molar-refractivity contribution in [2.45, 2.75) is 46.1 Å². The Labute approximate surface area is 167 Å². The van der Waals surface area contributed by atoms with Crippen LogP contribution in [0.15, 0.2) is 12.1 Å². The van der Waals surface area contributed by atoms with Gasteiger partial charge in [0.2, 0.25) is 0 Å². The van der Waals surface area contributed by atoms with E-state index < -0.39 is 12.1 Å². The Morgan fingerprint density at radius 2 is 1.89 bits per heavy atom. The Morgan fingerprint density at radius 1 is 1.22 bits per heavy atom. The summed E-state index contributed by atoms with van der Waals surface area (Å²) >= 11 is 7.62. The fourth-order valence-electron chi connectivity index (χ4n) is 3.26. The highest BCUT2D eigenvalue weighted by Gasteiger charge is 2.29. The summed E-state index contributed by atoms with van der Waals surface area (Å²) in [6.07, 6.45) is 2.05. The van der Waals surface area contributed by atoms with Crippen LogP contribution in [0.1, 0.15) is 45.3 Å². The predicted octanol–water partition coefficient (Wildman–Crippen LogP) is 4.70. The first-order valence-electron chi connectivity index (χ1n) is 8.79. The maximum absolute atomic E-state index is 12.6. The minimum absolute atomic E-state index is 0.315. The molecule has 0 saturated carbocycles. The van der Waals surface area contributed by atoms with E-state index in [1.54, 1.807) is 19.1 Å². The third-order valence-corrected chi connectivity index (χ3v) is 6.44. The van der Waals surface area contributed by atoms with Gasteiger partial charge in [0.25, 0.3) is 5.91 Å². The van der Waals surface area contributed by atoms with E-state index in [-0.39, 0.29) is 5.91 Å². The molecular weight excluding hydrogens is 386 g/mol. The number of anilines is 1. The van der Waals surface area contributed by atoms with E-state index in [0.717, 1.165) is 40.8 Å². The number of ether oxygens (including phenoxy) is 2. The number of esters is 1. The monoisotopic (exact) mass is 407 g/mol. The van der Waals surface area contributed by atoms with E-state index in [4.69, 9.17) is 21.1 Å². The molecule has 1 atom stereocenters. The van der Waals surface area contributed by atoms with Crippen LogP contribution in [0, 0.1) is 13.8 Å². The SMILES string of the molecule is COC(=O)c1c(NC(=O)C(C)Oc2cc(C)c(Cl)c(C)c2)sc2c1CCC2. The van der Waals surface area contributed by atoms with E-state index in [0.29, 0.717) is 21.3 Å². The largest absolute Gasteiger partial charge is 0.481 e. The second-order valence-corrected chi connectivity index (χ2v) is 8.16. The molecule has 2 aromatic rings. The number of carbonyl (C=O) groups excluding carboxylic acids is 2. The van der Waals surface area contributed by atoms with Crippen molar-refractivity contribution < 1.29 is 19.1 Å². The molecule has 1 aromatic heterocycles. The molecule has 5 nitrogen and oxygen atoms in total. The molecule has 0 saturated heterocycles. The van der Waals surface area contributed by atoms with Gasteiger partial charge < -0.3 is 14.8 Å². The molecule has 3 rings (SSSR count). The number of hydrogen-bond donors (Lipinski definition) is 1. The minimum atomic E-state index is -0.729. The first-order chi connectivity index (χ1) is 12.8. The third kappa shape index (κ3) is 3.96. The van der Waals surface area contributed by atoms with Gasteiger partial charge in [-0.25, -0.2) is 4.79 Å². The van der Waals surface area contributed by atoms with Gasteiger partial charge >= 0.3 is 5.97 Å².